The largest absolute Gasteiger partial charge is 0.351 e. The van der Waals surface area contributed by atoms with Crippen LogP contribution < -0.4 is 10.2 Å². The molecule has 4 aromatic rings. The summed E-state index contributed by atoms with van der Waals surface area (Å²) in [5.41, 5.74) is 2.94. The van der Waals surface area contributed by atoms with Crippen molar-refractivity contribution < 1.29 is 18.0 Å². The van der Waals surface area contributed by atoms with E-state index in [0.717, 1.165) is 51.4 Å². The molecule has 0 bridgehead atoms. The maximum absolute atomic E-state index is 14.5. The third-order valence-electron chi connectivity index (χ3n) is 9.24. The van der Waals surface area contributed by atoms with Gasteiger partial charge >= 0.3 is 0 Å². The second-order valence-corrected chi connectivity index (χ2v) is 14.4. The van der Waals surface area contributed by atoms with Crippen molar-refractivity contribution in [3.8, 4) is 0 Å². The zero-order valence-electron chi connectivity index (χ0n) is 26.7. The Morgan fingerprint density at radius 1 is 1.00 bits per heavy atom. The number of hydrogen-bond donors (Lipinski definition) is 1. The van der Waals surface area contributed by atoms with Gasteiger partial charge in [0.1, 0.15) is 18.1 Å². The molecule has 2 aromatic heterocycles. The molecule has 2 fully saturated rings. The van der Waals surface area contributed by atoms with Crippen LogP contribution in [0.1, 0.15) is 75.6 Å². The molecule has 12 nitrogen and oxygen atoms in total. The lowest BCUT2D eigenvalue weighted by molar-refractivity contribution is -0.127. The molecule has 0 unspecified atom stereocenters. The van der Waals surface area contributed by atoms with Crippen LogP contribution in [0.2, 0.25) is 0 Å². The van der Waals surface area contributed by atoms with Crippen LogP contribution in [-0.4, -0.2) is 67.9 Å². The van der Waals surface area contributed by atoms with Crippen LogP contribution in [0.15, 0.2) is 59.6 Å². The number of para-hydroxylation sites is 1. The van der Waals surface area contributed by atoms with Gasteiger partial charge < -0.3 is 5.32 Å². The standard InChI is InChI=1S/C33H42N8O4S/c1-23-11-9-10-20-40(23)46(44,45)27-18-16-26(17-19-27)41(31(42)22-39-30-15-8-7-14-29(30)35-37-39)32(28-21-38(3)36-24(28)2)33(43)34-25-12-5-4-6-13-25/h7-8,14-19,21,23,25,32H,4-6,9-13,20,22H2,1-3H3,(H,34,43)/t23-,32+/m0/s1. The average molecular weight is 647 g/mol. The van der Waals surface area contributed by atoms with Gasteiger partial charge in [0.05, 0.1) is 16.1 Å². The predicted octanol–water partition coefficient (Wildman–Crippen LogP) is 4.26. The van der Waals surface area contributed by atoms with Crippen molar-refractivity contribution in [3.05, 3.63) is 66.0 Å². The van der Waals surface area contributed by atoms with Gasteiger partial charge in [0.25, 0.3) is 0 Å². The number of fused-ring (bicyclic) bond motifs is 1. The number of rotatable bonds is 9. The summed E-state index contributed by atoms with van der Waals surface area (Å²) >= 11 is 0. The van der Waals surface area contributed by atoms with E-state index in [2.05, 4.69) is 20.7 Å². The molecule has 2 amide bonds. The number of nitrogens with one attached hydrogen (secondary N) is 1. The maximum Gasteiger partial charge on any atom is 0.249 e. The van der Waals surface area contributed by atoms with E-state index in [9.17, 15) is 18.0 Å². The topological polar surface area (TPSA) is 135 Å². The Hall–Kier alpha value is -4.10. The Morgan fingerprint density at radius 3 is 2.41 bits per heavy atom. The van der Waals surface area contributed by atoms with E-state index >= 15 is 0 Å². The molecule has 2 aromatic carbocycles. The van der Waals surface area contributed by atoms with E-state index in [0.29, 0.717) is 34.5 Å². The van der Waals surface area contributed by atoms with Gasteiger partial charge in [0.2, 0.25) is 21.8 Å². The lowest BCUT2D eigenvalue weighted by atomic mass is 9.94. The van der Waals surface area contributed by atoms with Crippen LogP contribution in [0.4, 0.5) is 5.69 Å². The minimum atomic E-state index is -3.74. The molecule has 46 heavy (non-hydrogen) atoms. The number of carbonyl (C=O) groups excluding carboxylic acids is 2. The lowest BCUT2D eigenvalue weighted by Crippen LogP contribution is -2.48. The number of aryl methyl sites for hydroxylation is 2. The average Bonchev–Trinajstić information content (AvgIpc) is 3.61. The number of nitrogens with zero attached hydrogens (tertiary/aromatic N) is 7. The third kappa shape index (κ3) is 6.43. The summed E-state index contributed by atoms with van der Waals surface area (Å²) < 4.78 is 32.0. The normalized spacial score (nSPS) is 18.8. The van der Waals surface area contributed by atoms with Crippen molar-refractivity contribution >= 4 is 38.6 Å². The zero-order valence-corrected chi connectivity index (χ0v) is 27.5. The van der Waals surface area contributed by atoms with E-state index in [1.807, 2.05) is 38.1 Å². The molecule has 2 aliphatic rings. The van der Waals surface area contributed by atoms with Gasteiger partial charge in [-0.2, -0.15) is 9.40 Å². The van der Waals surface area contributed by atoms with Gasteiger partial charge in [-0.15, -0.1) is 5.10 Å². The van der Waals surface area contributed by atoms with Crippen molar-refractivity contribution in [2.75, 3.05) is 11.4 Å². The summed E-state index contributed by atoms with van der Waals surface area (Å²) in [6.07, 6.45) is 9.38. The van der Waals surface area contributed by atoms with Crippen LogP contribution in [0, 0.1) is 6.92 Å². The number of sulfonamides is 1. The zero-order chi connectivity index (χ0) is 32.4. The molecule has 1 aliphatic carbocycles. The summed E-state index contributed by atoms with van der Waals surface area (Å²) in [6.45, 7) is 4.05. The Labute approximate surface area is 269 Å². The van der Waals surface area contributed by atoms with Crippen LogP contribution in [0.3, 0.4) is 0 Å². The van der Waals surface area contributed by atoms with Crippen LogP contribution in [0.5, 0.6) is 0 Å². The highest BCUT2D eigenvalue weighted by atomic mass is 32.2. The fourth-order valence-corrected chi connectivity index (χ4v) is 8.53. The molecule has 1 N–H and O–H groups in total. The number of anilines is 1. The monoisotopic (exact) mass is 646 g/mol. The molecular weight excluding hydrogens is 604 g/mol. The molecule has 1 saturated carbocycles. The van der Waals surface area contributed by atoms with E-state index in [4.69, 9.17) is 0 Å². The van der Waals surface area contributed by atoms with E-state index in [1.54, 1.807) is 34.4 Å². The van der Waals surface area contributed by atoms with Crippen molar-refractivity contribution in [3.63, 3.8) is 0 Å². The SMILES string of the molecule is Cc1nn(C)cc1[C@H](C(=O)NC1CCCCC1)N(C(=O)Cn1nnc2ccccc21)c1ccc(S(=O)(=O)N2CCCC[C@@H]2C)cc1. The number of amides is 2. The molecule has 0 radical (unpaired) electrons. The quantitative estimate of drug-likeness (QED) is 0.287. The molecule has 6 rings (SSSR count). The highest BCUT2D eigenvalue weighted by Crippen LogP contribution is 2.33. The van der Waals surface area contributed by atoms with Crippen molar-refractivity contribution in [1.82, 2.24) is 34.4 Å². The summed E-state index contributed by atoms with van der Waals surface area (Å²) in [7, 11) is -1.96. The molecule has 1 saturated heterocycles. The number of carbonyl (C=O) groups is 2. The highest BCUT2D eigenvalue weighted by molar-refractivity contribution is 7.89. The fourth-order valence-electron chi connectivity index (χ4n) is 6.83. The van der Waals surface area contributed by atoms with E-state index < -0.39 is 22.0 Å². The molecule has 244 valence electrons. The first-order valence-electron chi connectivity index (χ1n) is 16.2. The Bertz CT molecular complexity index is 1810. The van der Waals surface area contributed by atoms with Gasteiger partial charge in [-0.25, -0.2) is 13.1 Å². The Kier molecular flexibility index (Phi) is 9.23. The molecular formula is C33H42N8O4S. The minimum Gasteiger partial charge on any atom is -0.351 e. The van der Waals surface area contributed by atoms with Crippen LogP contribution in [-0.2, 0) is 33.2 Å². The molecule has 13 heteroatoms. The Balaban J connectivity index is 1.41. The highest BCUT2D eigenvalue weighted by Gasteiger charge is 2.37. The molecule has 0 spiro atoms. The lowest BCUT2D eigenvalue weighted by Gasteiger charge is -2.34. The maximum atomic E-state index is 14.5. The van der Waals surface area contributed by atoms with Gasteiger partial charge in [0, 0.05) is 43.1 Å². The first kappa shape index (κ1) is 31.9. The van der Waals surface area contributed by atoms with Crippen LogP contribution >= 0.6 is 0 Å². The van der Waals surface area contributed by atoms with Gasteiger partial charge in [0.15, 0.2) is 0 Å². The summed E-state index contributed by atoms with van der Waals surface area (Å²) in [5.74, 6) is -0.707. The minimum absolute atomic E-state index is 0.0102. The van der Waals surface area contributed by atoms with E-state index in [1.165, 1.54) is 21.7 Å². The van der Waals surface area contributed by atoms with Gasteiger partial charge in [-0.1, -0.05) is 43.0 Å². The number of aromatic nitrogens is 5. The number of benzene rings is 2. The predicted molar refractivity (Wildman–Crippen MR) is 174 cm³/mol. The summed E-state index contributed by atoms with van der Waals surface area (Å²) in [4.78, 5) is 30.4. The number of piperidine rings is 1. The molecule has 1 aliphatic heterocycles. The van der Waals surface area contributed by atoms with Gasteiger partial charge in [-0.05, 0) is 75.9 Å². The second kappa shape index (κ2) is 13.3. The summed E-state index contributed by atoms with van der Waals surface area (Å²) in [6, 6.07) is 12.5. The molecule has 2 atom stereocenters. The number of hydrogen-bond acceptors (Lipinski definition) is 7. The third-order valence-corrected chi connectivity index (χ3v) is 11.3. The first-order valence-corrected chi connectivity index (χ1v) is 17.6. The molecule has 3 heterocycles. The van der Waals surface area contributed by atoms with Crippen molar-refractivity contribution in [2.24, 2.45) is 7.05 Å². The smallest absolute Gasteiger partial charge is 0.249 e. The second-order valence-electron chi connectivity index (χ2n) is 12.5. The fraction of sp³-hybridized carbons (Fsp3) is 0.485. The van der Waals surface area contributed by atoms with Gasteiger partial charge in [-0.3, -0.25) is 19.2 Å². The summed E-state index contributed by atoms with van der Waals surface area (Å²) in [5, 5.41) is 16.2. The first-order chi connectivity index (χ1) is 22.1. The van der Waals surface area contributed by atoms with Crippen LogP contribution in [0.25, 0.3) is 11.0 Å². The van der Waals surface area contributed by atoms with Crippen molar-refractivity contribution in [2.45, 2.75) is 94.8 Å². The van der Waals surface area contributed by atoms with E-state index in [-0.39, 0.29) is 29.4 Å². The van der Waals surface area contributed by atoms with Crippen molar-refractivity contribution in [1.29, 1.82) is 0 Å². The Morgan fingerprint density at radius 2 is 1.72 bits per heavy atom.